The van der Waals surface area contributed by atoms with Gasteiger partial charge >= 0.3 is 0 Å². The lowest BCUT2D eigenvalue weighted by molar-refractivity contribution is 0.639. The minimum atomic E-state index is -0.175. The molecule has 0 radical (unpaired) electrons. The van der Waals surface area contributed by atoms with Crippen LogP contribution in [0.25, 0.3) is 10.8 Å². The van der Waals surface area contributed by atoms with Gasteiger partial charge in [0.05, 0.1) is 4.83 Å². The molecule has 4 heteroatoms. The number of halogens is 3. The minimum Gasteiger partial charge on any atom is -0.206 e. The lowest BCUT2D eigenvalue weighted by Gasteiger charge is -2.13. The van der Waals surface area contributed by atoms with E-state index in [1.807, 2.05) is 30.3 Å². The van der Waals surface area contributed by atoms with Gasteiger partial charge in [-0.25, -0.2) is 4.39 Å². The molecule has 0 aliphatic carbocycles. The summed E-state index contributed by atoms with van der Waals surface area (Å²) in [6.45, 7) is 2.08. The van der Waals surface area contributed by atoms with Crippen molar-refractivity contribution in [3.8, 4) is 0 Å². The monoisotopic (exact) mass is 412 g/mol. The highest BCUT2D eigenvalue weighted by atomic mass is 79.9. The fraction of sp³-hybridized carbons (Fsp3) is 0.125. The predicted octanol–water partition coefficient (Wildman–Crippen LogP) is 6.60. The third-order valence-electron chi connectivity index (χ3n) is 3.24. The summed E-state index contributed by atoms with van der Waals surface area (Å²) in [7, 11) is 0. The Morgan fingerprint density at radius 1 is 1.10 bits per heavy atom. The van der Waals surface area contributed by atoms with Crippen molar-refractivity contribution in [3.05, 3.63) is 68.1 Å². The Labute approximate surface area is 137 Å². The summed E-state index contributed by atoms with van der Waals surface area (Å²) in [4.78, 5) is 2.52. The first-order valence-corrected chi connectivity index (χ1v) is 8.67. The van der Waals surface area contributed by atoms with E-state index in [1.54, 1.807) is 17.4 Å². The van der Waals surface area contributed by atoms with E-state index in [-0.39, 0.29) is 10.6 Å². The van der Waals surface area contributed by atoms with Gasteiger partial charge in [0.15, 0.2) is 0 Å². The standard InChI is InChI=1S/C16H11Br2FS/c1-9-8-13(17)16(20-9)15(18)12-6-7-14(19)11-5-3-2-4-10(11)12/h2-8,15H,1H3. The minimum absolute atomic E-state index is 0.0566. The molecule has 0 aliphatic rings. The zero-order valence-electron chi connectivity index (χ0n) is 10.7. The van der Waals surface area contributed by atoms with Crippen molar-refractivity contribution in [1.82, 2.24) is 0 Å². The third-order valence-corrected chi connectivity index (χ3v) is 6.53. The topological polar surface area (TPSA) is 0 Å². The number of rotatable bonds is 2. The summed E-state index contributed by atoms with van der Waals surface area (Å²) >= 11 is 9.10. The lowest BCUT2D eigenvalue weighted by atomic mass is 10.0. The Hall–Kier alpha value is -0.710. The molecular weight excluding hydrogens is 403 g/mol. The molecule has 0 saturated heterocycles. The first-order valence-electron chi connectivity index (χ1n) is 6.15. The molecule has 1 heterocycles. The maximum atomic E-state index is 13.9. The van der Waals surface area contributed by atoms with Crippen LogP contribution in [-0.4, -0.2) is 0 Å². The smallest absolute Gasteiger partial charge is 0.131 e. The second-order valence-electron chi connectivity index (χ2n) is 4.61. The van der Waals surface area contributed by atoms with Gasteiger partial charge in [0, 0.05) is 19.6 Å². The van der Waals surface area contributed by atoms with E-state index in [0.717, 1.165) is 15.4 Å². The number of benzene rings is 2. The van der Waals surface area contributed by atoms with Crippen molar-refractivity contribution in [2.45, 2.75) is 11.8 Å². The number of fused-ring (bicyclic) bond motifs is 1. The molecular formula is C16H11Br2FS. The number of hydrogen-bond donors (Lipinski definition) is 0. The summed E-state index contributed by atoms with van der Waals surface area (Å²) in [5, 5.41) is 1.62. The predicted molar refractivity (Wildman–Crippen MR) is 91.4 cm³/mol. The van der Waals surface area contributed by atoms with Gasteiger partial charge in [-0.3, -0.25) is 0 Å². The summed E-state index contributed by atoms with van der Waals surface area (Å²) in [6.07, 6.45) is 0. The van der Waals surface area contributed by atoms with Crippen LogP contribution in [0.15, 0.2) is 46.9 Å². The van der Waals surface area contributed by atoms with Gasteiger partial charge in [-0.1, -0.05) is 46.3 Å². The van der Waals surface area contributed by atoms with Crippen molar-refractivity contribution in [2.24, 2.45) is 0 Å². The van der Waals surface area contributed by atoms with Gasteiger partial charge in [-0.05, 0) is 45.9 Å². The fourth-order valence-electron chi connectivity index (χ4n) is 2.32. The van der Waals surface area contributed by atoms with E-state index >= 15 is 0 Å². The average Bonchev–Trinajstić information content (AvgIpc) is 2.78. The van der Waals surface area contributed by atoms with Crippen molar-refractivity contribution < 1.29 is 4.39 Å². The Morgan fingerprint density at radius 2 is 1.80 bits per heavy atom. The molecule has 3 aromatic rings. The Bertz CT molecular complexity index is 779. The first kappa shape index (κ1) is 14.2. The zero-order valence-corrected chi connectivity index (χ0v) is 14.6. The highest BCUT2D eigenvalue weighted by molar-refractivity contribution is 9.11. The summed E-state index contributed by atoms with van der Waals surface area (Å²) in [5.74, 6) is -0.175. The first-order chi connectivity index (χ1) is 9.58. The largest absolute Gasteiger partial charge is 0.206 e. The fourth-order valence-corrected chi connectivity index (χ4v) is 5.43. The molecule has 0 aliphatic heterocycles. The Balaban J connectivity index is 2.20. The maximum absolute atomic E-state index is 13.9. The van der Waals surface area contributed by atoms with E-state index < -0.39 is 0 Å². The van der Waals surface area contributed by atoms with Gasteiger partial charge in [0.25, 0.3) is 0 Å². The molecule has 102 valence electrons. The van der Waals surface area contributed by atoms with Crippen LogP contribution in [0.4, 0.5) is 4.39 Å². The van der Waals surface area contributed by atoms with Crippen LogP contribution in [0.5, 0.6) is 0 Å². The van der Waals surface area contributed by atoms with Crippen LogP contribution >= 0.6 is 43.2 Å². The van der Waals surface area contributed by atoms with Gasteiger partial charge in [-0.2, -0.15) is 0 Å². The number of hydrogen-bond acceptors (Lipinski definition) is 1. The van der Waals surface area contributed by atoms with Crippen LogP contribution in [-0.2, 0) is 0 Å². The van der Waals surface area contributed by atoms with Crippen LogP contribution in [0.3, 0.4) is 0 Å². The van der Waals surface area contributed by atoms with Crippen molar-refractivity contribution in [3.63, 3.8) is 0 Å². The van der Waals surface area contributed by atoms with Gasteiger partial charge < -0.3 is 0 Å². The van der Waals surface area contributed by atoms with Gasteiger partial charge in [0.1, 0.15) is 5.82 Å². The molecule has 0 amide bonds. The summed E-state index contributed by atoms with van der Waals surface area (Å²) < 4.78 is 15.0. The summed E-state index contributed by atoms with van der Waals surface area (Å²) in [6, 6.07) is 13.1. The number of thiophene rings is 1. The van der Waals surface area contributed by atoms with Crippen LogP contribution in [0.1, 0.15) is 20.1 Å². The average molecular weight is 414 g/mol. The molecule has 1 aromatic heterocycles. The molecule has 0 N–H and O–H groups in total. The van der Waals surface area contributed by atoms with E-state index in [2.05, 4.69) is 44.8 Å². The van der Waals surface area contributed by atoms with Crippen molar-refractivity contribution in [1.29, 1.82) is 0 Å². The SMILES string of the molecule is Cc1cc(Br)c(C(Br)c2ccc(F)c3ccccc23)s1. The Morgan fingerprint density at radius 3 is 2.45 bits per heavy atom. The van der Waals surface area contributed by atoms with Crippen molar-refractivity contribution in [2.75, 3.05) is 0 Å². The van der Waals surface area contributed by atoms with E-state index in [9.17, 15) is 4.39 Å². The van der Waals surface area contributed by atoms with Crippen molar-refractivity contribution >= 4 is 54.0 Å². The normalized spacial score (nSPS) is 12.8. The molecule has 1 atom stereocenters. The second-order valence-corrected chi connectivity index (χ2v) is 7.67. The summed E-state index contributed by atoms with van der Waals surface area (Å²) in [5.41, 5.74) is 1.09. The van der Waals surface area contributed by atoms with Gasteiger partial charge in [-0.15, -0.1) is 11.3 Å². The molecule has 0 spiro atoms. The molecule has 2 aromatic carbocycles. The zero-order chi connectivity index (χ0) is 14.3. The lowest BCUT2D eigenvalue weighted by Crippen LogP contribution is -1.94. The Kier molecular flexibility index (Phi) is 3.98. The van der Waals surface area contributed by atoms with Gasteiger partial charge in [0.2, 0.25) is 0 Å². The maximum Gasteiger partial charge on any atom is 0.131 e. The van der Waals surface area contributed by atoms with Crippen LogP contribution in [0, 0.1) is 12.7 Å². The molecule has 0 bridgehead atoms. The number of alkyl halides is 1. The van der Waals surface area contributed by atoms with E-state index in [0.29, 0.717) is 5.39 Å². The van der Waals surface area contributed by atoms with Crippen LogP contribution < -0.4 is 0 Å². The highest BCUT2D eigenvalue weighted by Crippen LogP contribution is 2.42. The van der Waals surface area contributed by atoms with E-state index in [4.69, 9.17) is 0 Å². The molecule has 20 heavy (non-hydrogen) atoms. The van der Waals surface area contributed by atoms with E-state index in [1.165, 1.54) is 9.75 Å². The second kappa shape index (κ2) is 5.58. The number of aryl methyl sites for hydroxylation is 1. The quantitative estimate of drug-likeness (QED) is 0.415. The van der Waals surface area contributed by atoms with Crippen LogP contribution in [0.2, 0.25) is 0 Å². The molecule has 3 rings (SSSR count). The third kappa shape index (κ3) is 2.45. The molecule has 1 unspecified atom stereocenters. The molecule has 0 saturated carbocycles. The molecule has 0 nitrogen and oxygen atoms in total. The molecule has 0 fully saturated rings. The highest BCUT2D eigenvalue weighted by Gasteiger charge is 2.19.